The van der Waals surface area contributed by atoms with Crippen LogP contribution >= 0.6 is 11.8 Å². The molecule has 0 fully saturated rings. The van der Waals surface area contributed by atoms with Gasteiger partial charge < -0.3 is 5.32 Å². The fraction of sp³-hybridized carbons (Fsp3) is 0.238. The molecule has 1 aromatic heterocycles. The van der Waals surface area contributed by atoms with E-state index in [1.54, 1.807) is 24.3 Å². The van der Waals surface area contributed by atoms with Crippen molar-refractivity contribution < 1.29 is 13.2 Å². The first-order valence-corrected chi connectivity index (χ1v) is 9.49. The highest BCUT2D eigenvalue weighted by atomic mass is 32.2. The van der Waals surface area contributed by atoms with Crippen LogP contribution in [-0.2, 0) is 11.6 Å². The molecule has 0 aliphatic carbocycles. The average molecular weight is 403 g/mol. The number of hydrogen-bond donors (Lipinski definition) is 1. The molecule has 0 aliphatic heterocycles. The lowest BCUT2D eigenvalue weighted by atomic mass is 9.87. The molecule has 0 aliphatic rings. The second-order valence-corrected chi connectivity index (χ2v) is 8.34. The molecule has 3 nitrogen and oxygen atoms in total. The molecule has 2 aromatic carbocycles. The minimum atomic E-state index is -4.53. The Kier molecular flexibility index (Phi) is 5.65. The molecule has 28 heavy (non-hydrogen) atoms. The number of benzene rings is 2. The summed E-state index contributed by atoms with van der Waals surface area (Å²) < 4.78 is 40.1. The summed E-state index contributed by atoms with van der Waals surface area (Å²) in [6.07, 6.45) is -3.70. The fourth-order valence-electron chi connectivity index (χ4n) is 2.49. The van der Waals surface area contributed by atoms with Crippen LogP contribution < -0.4 is 5.32 Å². The van der Waals surface area contributed by atoms with Gasteiger partial charge in [-0.1, -0.05) is 62.9 Å². The summed E-state index contributed by atoms with van der Waals surface area (Å²) >= 11 is 0.962. The molecule has 0 amide bonds. The highest BCUT2D eigenvalue weighted by molar-refractivity contribution is 7.99. The predicted molar refractivity (Wildman–Crippen MR) is 106 cm³/mol. The zero-order valence-corrected chi connectivity index (χ0v) is 16.5. The number of hydrogen-bond acceptors (Lipinski definition) is 4. The van der Waals surface area contributed by atoms with Crippen LogP contribution in [0.3, 0.4) is 0 Å². The lowest BCUT2D eigenvalue weighted by Crippen LogP contribution is -2.12. The van der Waals surface area contributed by atoms with Crippen LogP contribution in [-0.4, -0.2) is 9.97 Å². The van der Waals surface area contributed by atoms with Crippen LogP contribution in [0.4, 0.5) is 24.8 Å². The monoisotopic (exact) mass is 403 g/mol. The third-order valence-electron chi connectivity index (χ3n) is 4.00. The zero-order valence-electron chi connectivity index (χ0n) is 15.7. The summed E-state index contributed by atoms with van der Waals surface area (Å²) in [6, 6.07) is 16.5. The van der Waals surface area contributed by atoms with Crippen LogP contribution in [0.5, 0.6) is 0 Å². The SMILES string of the molecule is CC(C)(C)c1cccc(Nc2ncc(C(F)(F)F)c(Sc3ccccc3)n2)c1. The van der Waals surface area contributed by atoms with E-state index >= 15 is 0 Å². The third kappa shape index (κ3) is 5.04. The second kappa shape index (κ2) is 7.83. The number of halogens is 3. The smallest absolute Gasteiger partial charge is 0.324 e. The van der Waals surface area contributed by atoms with Crippen molar-refractivity contribution in [3.05, 3.63) is 71.9 Å². The van der Waals surface area contributed by atoms with Crippen molar-refractivity contribution in [1.82, 2.24) is 9.97 Å². The van der Waals surface area contributed by atoms with Gasteiger partial charge in [0.25, 0.3) is 0 Å². The Morgan fingerprint density at radius 1 is 0.929 bits per heavy atom. The van der Waals surface area contributed by atoms with Gasteiger partial charge in [-0.15, -0.1) is 0 Å². The van der Waals surface area contributed by atoms with Gasteiger partial charge in [0.15, 0.2) is 0 Å². The van der Waals surface area contributed by atoms with Crippen molar-refractivity contribution in [1.29, 1.82) is 0 Å². The van der Waals surface area contributed by atoms with Crippen molar-refractivity contribution in [3.8, 4) is 0 Å². The van der Waals surface area contributed by atoms with E-state index in [2.05, 4.69) is 36.1 Å². The maximum Gasteiger partial charge on any atom is 0.420 e. The number of nitrogens with zero attached hydrogens (tertiary/aromatic N) is 2. The molecule has 0 radical (unpaired) electrons. The van der Waals surface area contributed by atoms with Gasteiger partial charge >= 0.3 is 6.18 Å². The predicted octanol–water partition coefficient (Wildman–Crippen LogP) is 6.69. The third-order valence-corrected chi connectivity index (χ3v) is 5.01. The van der Waals surface area contributed by atoms with Crippen molar-refractivity contribution >= 4 is 23.4 Å². The molecule has 1 N–H and O–H groups in total. The molecule has 0 saturated heterocycles. The van der Waals surface area contributed by atoms with Gasteiger partial charge in [0.2, 0.25) is 5.95 Å². The maximum absolute atomic E-state index is 13.4. The highest BCUT2D eigenvalue weighted by Crippen LogP contribution is 2.38. The van der Waals surface area contributed by atoms with E-state index in [1.165, 1.54) is 0 Å². The first-order chi connectivity index (χ1) is 13.1. The number of alkyl halides is 3. The average Bonchev–Trinajstić information content (AvgIpc) is 2.61. The van der Waals surface area contributed by atoms with E-state index in [-0.39, 0.29) is 16.4 Å². The van der Waals surface area contributed by atoms with Crippen LogP contribution in [0.25, 0.3) is 0 Å². The normalized spacial score (nSPS) is 12.1. The van der Waals surface area contributed by atoms with Crippen molar-refractivity contribution in [3.63, 3.8) is 0 Å². The van der Waals surface area contributed by atoms with Crippen LogP contribution in [0, 0.1) is 0 Å². The fourth-order valence-corrected chi connectivity index (χ4v) is 3.42. The van der Waals surface area contributed by atoms with E-state index in [0.29, 0.717) is 4.90 Å². The highest BCUT2D eigenvalue weighted by Gasteiger charge is 2.35. The van der Waals surface area contributed by atoms with Gasteiger partial charge in [-0.2, -0.15) is 13.2 Å². The largest absolute Gasteiger partial charge is 0.420 e. The first kappa shape index (κ1) is 20.2. The molecule has 146 valence electrons. The Labute approximate surface area is 166 Å². The molecule has 3 rings (SSSR count). The molecule has 0 atom stereocenters. The minimum Gasteiger partial charge on any atom is -0.324 e. The van der Waals surface area contributed by atoms with Crippen molar-refractivity contribution in [2.24, 2.45) is 0 Å². The molecule has 0 bridgehead atoms. The molecule has 0 spiro atoms. The quantitative estimate of drug-likeness (QED) is 0.493. The topological polar surface area (TPSA) is 37.8 Å². The van der Waals surface area contributed by atoms with E-state index in [4.69, 9.17) is 0 Å². The molecule has 3 aromatic rings. The standard InChI is InChI=1S/C21H20F3N3S/c1-20(2,3)14-8-7-9-15(12-14)26-19-25-13-17(21(22,23)24)18(27-19)28-16-10-5-4-6-11-16/h4-13H,1-3H3,(H,25,26,27). The summed E-state index contributed by atoms with van der Waals surface area (Å²) in [5, 5.41) is 2.88. The Morgan fingerprint density at radius 2 is 1.64 bits per heavy atom. The Morgan fingerprint density at radius 3 is 2.29 bits per heavy atom. The second-order valence-electron chi connectivity index (χ2n) is 7.28. The van der Waals surface area contributed by atoms with Crippen LogP contribution in [0.2, 0.25) is 0 Å². The van der Waals surface area contributed by atoms with Gasteiger partial charge in [0.05, 0.1) is 0 Å². The van der Waals surface area contributed by atoms with Gasteiger partial charge in [0, 0.05) is 16.8 Å². The molecule has 0 unspecified atom stereocenters. The van der Waals surface area contributed by atoms with E-state index < -0.39 is 11.7 Å². The summed E-state index contributed by atoms with van der Waals surface area (Å²) in [5.74, 6) is 0.123. The summed E-state index contributed by atoms with van der Waals surface area (Å²) in [6.45, 7) is 6.28. The number of anilines is 2. The molecule has 7 heteroatoms. The van der Waals surface area contributed by atoms with Crippen LogP contribution in [0.15, 0.2) is 70.7 Å². The van der Waals surface area contributed by atoms with E-state index in [9.17, 15) is 13.2 Å². The summed E-state index contributed by atoms with van der Waals surface area (Å²) in [5.41, 5.74) is 0.925. The number of aromatic nitrogens is 2. The molecule has 1 heterocycles. The Bertz CT molecular complexity index is 951. The minimum absolute atomic E-state index is 0.0486. The zero-order chi connectivity index (χ0) is 20.4. The molecular weight excluding hydrogens is 383 g/mol. The van der Waals surface area contributed by atoms with E-state index in [0.717, 1.165) is 29.2 Å². The first-order valence-electron chi connectivity index (χ1n) is 8.67. The van der Waals surface area contributed by atoms with Gasteiger partial charge in [-0.05, 0) is 35.2 Å². The van der Waals surface area contributed by atoms with Crippen LogP contribution in [0.1, 0.15) is 31.9 Å². The van der Waals surface area contributed by atoms with Gasteiger partial charge in [-0.3, -0.25) is 0 Å². The number of rotatable bonds is 4. The Balaban J connectivity index is 1.94. The lowest BCUT2D eigenvalue weighted by Gasteiger charge is -2.20. The molecular formula is C21H20F3N3S. The number of nitrogens with one attached hydrogen (secondary N) is 1. The summed E-state index contributed by atoms with van der Waals surface area (Å²) in [4.78, 5) is 8.69. The summed E-state index contributed by atoms with van der Waals surface area (Å²) in [7, 11) is 0. The van der Waals surface area contributed by atoms with Crippen molar-refractivity contribution in [2.45, 2.75) is 42.3 Å². The lowest BCUT2D eigenvalue weighted by molar-refractivity contribution is -0.140. The van der Waals surface area contributed by atoms with Gasteiger partial charge in [0.1, 0.15) is 10.6 Å². The molecule has 0 saturated carbocycles. The Hall–Kier alpha value is -2.54. The maximum atomic E-state index is 13.4. The van der Waals surface area contributed by atoms with Gasteiger partial charge in [-0.25, -0.2) is 9.97 Å². The van der Waals surface area contributed by atoms with Crippen molar-refractivity contribution in [2.75, 3.05) is 5.32 Å². The van der Waals surface area contributed by atoms with E-state index in [1.807, 2.05) is 30.3 Å².